The summed E-state index contributed by atoms with van der Waals surface area (Å²) in [5.41, 5.74) is 5.96. The Hall–Kier alpha value is -3.80. The second kappa shape index (κ2) is 8.14. The Morgan fingerprint density at radius 2 is 2.13 bits per heavy atom. The minimum absolute atomic E-state index is 0.131. The fraction of sp³-hybridized carbons (Fsp3) is 0.263. The molecule has 2 amide bonds. The van der Waals surface area contributed by atoms with Crippen LogP contribution in [0.3, 0.4) is 0 Å². The lowest BCUT2D eigenvalue weighted by Crippen LogP contribution is -2.73. The average molecular weight is 442 g/mol. The van der Waals surface area contributed by atoms with Crippen LogP contribution in [0.5, 0.6) is 0 Å². The van der Waals surface area contributed by atoms with Gasteiger partial charge in [-0.15, -0.1) is 11.3 Å². The van der Waals surface area contributed by atoms with Gasteiger partial charge in [-0.1, -0.05) is 11.2 Å². The number of carbonyl (C=O) groups is 3. The van der Waals surface area contributed by atoms with Crippen molar-refractivity contribution in [2.75, 3.05) is 12.8 Å². The van der Waals surface area contributed by atoms with Gasteiger partial charge in [-0.2, -0.15) is 4.57 Å². The quantitative estimate of drug-likeness (QED) is 0.238. The molecule has 4 rings (SSSR count). The van der Waals surface area contributed by atoms with Crippen molar-refractivity contribution in [2.24, 2.45) is 5.16 Å². The molecule has 12 heteroatoms. The molecule has 4 heterocycles. The predicted molar refractivity (Wildman–Crippen MR) is 107 cm³/mol. The summed E-state index contributed by atoms with van der Waals surface area (Å²) >= 11 is 1.13. The van der Waals surface area contributed by atoms with E-state index in [9.17, 15) is 19.5 Å². The van der Waals surface area contributed by atoms with Crippen LogP contribution < -0.4 is 20.7 Å². The Bertz CT molecular complexity index is 1110. The Morgan fingerprint density at radius 1 is 1.39 bits per heavy atom. The number of carboxylic acid groups (broad SMARTS) is 1. The van der Waals surface area contributed by atoms with Crippen LogP contribution in [0.2, 0.25) is 0 Å². The number of carboxylic acids is 1. The largest absolute Gasteiger partial charge is 0.543 e. The maximum Gasteiger partial charge on any atom is 0.276 e. The van der Waals surface area contributed by atoms with Crippen LogP contribution in [-0.4, -0.2) is 52.6 Å². The third-order valence-corrected chi connectivity index (χ3v) is 5.75. The number of aliphatic carboxylic acids is 1. The average Bonchev–Trinajstić information content (AvgIpc) is 3.20. The molecule has 11 nitrogen and oxygen atoms in total. The maximum absolute atomic E-state index is 12.8. The van der Waals surface area contributed by atoms with Crippen LogP contribution >= 0.6 is 11.3 Å². The summed E-state index contributed by atoms with van der Waals surface area (Å²) in [6.45, 7) is 0. The Morgan fingerprint density at radius 3 is 2.74 bits per heavy atom. The highest BCUT2D eigenvalue weighted by Crippen LogP contribution is 2.36. The number of aromatic nitrogens is 2. The van der Waals surface area contributed by atoms with Gasteiger partial charge < -0.3 is 25.8 Å². The molecule has 0 aromatic carbocycles. The molecule has 0 bridgehead atoms. The Kier molecular flexibility index (Phi) is 5.38. The minimum Gasteiger partial charge on any atom is -0.543 e. The number of nitrogens with two attached hydrogens (primary N) is 1. The minimum atomic E-state index is -1.45. The van der Waals surface area contributed by atoms with Gasteiger partial charge in [0, 0.05) is 23.9 Å². The van der Waals surface area contributed by atoms with Gasteiger partial charge in [0.25, 0.3) is 11.8 Å². The third-order valence-electron chi connectivity index (χ3n) is 5.08. The lowest BCUT2D eigenvalue weighted by Gasteiger charge is -2.50. The molecule has 2 aliphatic heterocycles. The molecule has 0 spiro atoms. The number of fused-ring (bicyclic) bond motifs is 1. The molecular formula is C19H18N6O5S. The van der Waals surface area contributed by atoms with Crippen LogP contribution in [0.1, 0.15) is 18.5 Å². The van der Waals surface area contributed by atoms with Gasteiger partial charge in [0.1, 0.15) is 24.5 Å². The Balaban J connectivity index is 1.57. The first-order valence-corrected chi connectivity index (χ1v) is 10.2. The Labute approximate surface area is 180 Å². The van der Waals surface area contributed by atoms with Crippen molar-refractivity contribution in [1.82, 2.24) is 15.2 Å². The van der Waals surface area contributed by atoms with Crippen molar-refractivity contribution in [1.29, 1.82) is 0 Å². The van der Waals surface area contributed by atoms with Crippen molar-refractivity contribution < 1.29 is 28.9 Å². The highest BCUT2D eigenvalue weighted by atomic mass is 32.1. The van der Waals surface area contributed by atoms with Gasteiger partial charge in [0.2, 0.25) is 5.70 Å². The molecule has 3 N–H and O–H groups in total. The van der Waals surface area contributed by atoms with Crippen LogP contribution in [0, 0.1) is 0 Å². The third kappa shape index (κ3) is 3.61. The fourth-order valence-electron chi connectivity index (χ4n) is 3.76. The summed E-state index contributed by atoms with van der Waals surface area (Å²) in [5.74, 6) is -2.66. The van der Waals surface area contributed by atoms with Gasteiger partial charge in [-0.3, -0.25) is 14.5 Å². The van der Waals surface area contributed by atoms with E-state index in [1.165, 1.54) is 12.0 Å². The topological polar surface area (TPSA) is 154 Å². The number of hydrogen-bond donors (Lipinski definition) is 2. The standard InChI is InChI=1S/C19H18N6O5S/c1-30-23-13(10-9-31-19(20)21-10)16(26)22-14-11-5-6-12(24-7-3-2-4-8-24)15(18(28)29)25(11)17(14)27/h2-4,7-9,11,14H,5-6H2,1H3,(H3-,20,21,22,26,28,29)/b23-13-. The van der Waals surface area contributed by atoms with E-state index in [-0.39, 0.29) is 22.2 Å². The molecule has 2 aromatic heterocycles. The second-order valence-corrected chi connectivity index (χ2v) is 7.71. The first-order chi connectivity index (χ1) is 14.9. The molecule has 2 unspecified atom stereocenters. The molecule has 160 valence electrons. The zero-order chi connectivity index (χ0) is 22.1. The van der Waals surface area contributed by atoms with Gasteiger partial charge in [-0.25, -0.2) is 4.98 Å². The van der Waals surface area contributed by atoms with E-state index in [2.05, 4.69) is 15.5 Å². The number of rotatable bonds is 6. The molecule has 2 aromatic rings. The smallest absolute Gasteiger partial charge is 0.276 e. The number of nitrogens with zero attached hydrogens (tertiary/aromatic N) is 4. The van der Waals surface area contributed by atoms with E-state index < -0.39 is 29.9 Å². The van der Waals surface area contributed by atoms with Gasteiger partial charge in [0.15, 0.2) is 23.2 Å². The number of β-lactam (4-membered cyclic amide) rings is 1. The van der Waals surface area contributed by atoms with Crippen LogP contribution in [0.25, 0.3) is 5.70 Å². The predicted octanol–water partition coefficient (Wildman–Crippen LogP) is -1.53. The van der Waals surface area contributed by atoms with Crippen molar-refractivity contribution in [3.63, 3.8) is 0 Å². The SMILES string of the molecule is CO/N=C(\C(=O)NC1C(=O)N2C(C(=O)[O-])=C([n+]3ccccc3)CCC12)c1csc(N)n1. The number of hydrogen-bond acceptors (Lipinski definition) is 9. The molecular weight excluding hydrogens is 424 g/mol. The summed E-state index contributed by atoms with van der Waals surface area (Å²) in [6.07, 6.45) is 4.26. The number of nitrogen functional groups attached to an aromatic ring is 1. The number of nitrogens with one attached hydrogen (secondary N) is 1. The van der Waals surface area contributed by atoms with Gasteiger partial charge in [-0.05, 0) is 6.42 Å². The first kappa shape index (κ1) is 20.5. The second-order valence-electron chi connectivity index (χ2n) is 6.82. The fourth-order valence-corrected chi connectivity index (χ4v) is 4.31. The molecule has 2 aliphatic rings. The first-order valence-electron chi connectivity index (χ1n) is 9.30. The number of anilines is 1. The van der Waals surface area contributed by atoms with E-state index in [1.807, 2.05) is 0 Å². The van der Waals surface area contributed by atoms with E-state index in [4.69, 9.17) is 10.6 Å². The zero-order valence-corrected chi connectivity index (χ0v) is 17.2. The highest BCUT2D eigenvalue weighted by molar-refractivity contribution is 7.13. The van der Waals surface area contributed by atoms with Crippen LogP contribution in [0.15, 0.2) is 46.8 Å². The van der Waals surface area contributed by atoms with Gasteiger partial charge >= 0.3 is 0 Å². The van der Waals surface area contributed by atoms with Gasteiger partial charge in [0.05, 0.1) is 12.0 Å². The summed E-state index contributed by atoms with van der Waals surface area (Å²) in [7, 11) is 1.28. The number of oxime groups is 1. The number of thiazole rings is 1. The van der Waals surface area contributed by atoms with E-state index in [0.29, 0.717) is 18.5 Å². The lowest BCUT2D eigenvalue weighted by atomic mass is 9.85. The van der Waals surface area contributed by atoms with Crippen molar-refractivity contribution in [2.45, 2.75) is 24.9 Å². The van der Waals surface area contributed by atoms with Crippen molar-refractivity contribution in [3.8, 4) is 0 Å². The monoisotopic (exact) mass is 442 g/mol. The van der Waals surface area contributed by atoms with Crippen molar-refractivity contribution >= 4 is 45.7 Å². The summed E-state index contributed by atoms with van der Waals surface area (Å²) < 4.78 is 1.65. The normalized spacial score (nSPS) is 20.7. The summed E-state index contributed by atoms with van der Waals surface area (Å²) in [5, 5.41) is 20.0. The number of allylic oxidation sites excluding steroid dienone is 1. The number of pyridine rings is 1. The molecule has 0 saturated carbocycles. The molecule has 1 fully saturated rings. The number of amides is 2. The zero-order valence-electron chi connectivity index (χ0n) is 16.3. The van der Waals surface area contributed by atoms with E-state index in [1.54, 1.807) is 40.5 Å². The van der Waals surface area contributed by atoms with E-state index in [0.717, 1.165) is 11.3 Å². The summed E-state index contributed by atoms with van der Waals surface area (Å²) in [4.78, 5) is 47.3. The number of carbonyl (C=O) groups excluding carboxylic acids is 3. The molecule has 2 atom stereocenters. The molecule has 1 saturated heterocycles. The maximum atomic E-state index is 12.8. The highest BCUT2D eigenvalue weighted by Gasteiger charge is 2.54. The lowest BCUT2D eigenvalue weighted by molar-refractivity contribution is -0.585. The molecule has 0 radical (unpaired) electrons. The molecule has 0 aliphatic carbocycles. The molecule has 31 heavy (non-hydrogen) atoms. The van der Waals surface area contributed by atoms with Crippen molar-refractivity contribution in [3.05, 3.63) is 47.4 Å². The van der Waals surface area contributed by atoms with Crippen LogP contribution in [-0.2, 0) is 19.2 Å². The summed E-state index contributed by atoms with van der Waals surface area (Å²) in [6, 6.07) is 3.91. The van der Waals surface area contributed by atoms with Crippen LogP contribution in [0.4, 0.5) is 5.13 Å². The van der Waals surface area contributed by atoms with E-state index >= 15 is 0 Å².